The molecule has 0 atom stereocenters. The molecule has 0 aromatic heterocycles. The predicted molar refractivity (Wildman–Crippen MR) is 61.2 cm³/mol. The molecule has 0 fully saturated rings. The Kier molecular flexibility index (Phi) is 7.20. The van der Waals surface area contributed by atoms with E-state index < -0.39 is 16.8 Å². The van der Waals surface area contributed by atoms with E-state index in [-0.39, 0.29) is 0 Å². The van der Waals surface area contributed by atoms with Crippen LogP contribution in [0, 0.1) is 0 Å². The first-order chi connectivity index (χ1) is 6.54. The van der Waals surface area contributed by atoms with Crippen LogP contribution >= 0.6 is 12.6 Å². The molecule has 0 aliphatic carbocycles. The first kappa shape index (κ1) is 15.1. The second-order valence-electron chi connectivity index (χ2n) is 2.39. The summed E-state index contributed by atoms with van der Waals surface area (Å²) in [7, 11) is 0. The number of hydrogen-bond acceptors (Lipinski definition) is 4. The van der Waals surface area contributed by atoms with Crippen LogP contribution in [0.4, 0.5) is 0 Å². The molecule has 0 aliphatic rings. The molecule has 0 aromatic rings. The fourth-order valence-electron chi connectivity index (χ4n) is 1.05. The summed E-state index contributed by atoms with van der Waals surface area (Å²) in [4.78, 5) is 0. The van der Waals surface area contributed by atoms with Gasteiger partial charge in [0, 0.05) is 0 Å². The van der Waals surface area contributed by atoms with Crippen LogP contribution in [-0.2, 0) is 12.1 Å². The minimum absolute atomic E-state index is 0.507. The van der Waals surface area contributed by atoms with Gasteiger partial charge < -0.3 is 0 Å². The quantitative estimate of drug-likeness (QED) is 0.605. The van der Waals surface area contributed by atoms with Crippen molar-refractivity contribution in [2.24, 2.45) is 0 Å². The molecule has 0 unspecified atom stereocenters. The summed E-state index contributed by atoms with van der Waals surface area (Å²) >= 11 is -0.847. The Bertz CT molecular complexity index is 132. The fourth-order valence-corrected chi connectivity index (χ4v) is 12.5. The zero-order chi connectivity index (χ0) is 11.1. The van der Waals surface area contributed by atoms with Gasteiger partial charge in [-0.3, -0.25) is 0 Å². The van der Waals surface area contributed by atoms with Gasteiger partial charge in [0.2, 0.25) is 0 Å². The van der Waals surface area contributed by atoms with Gasteiger partial charge in [-0.15, -0.1) is 0 Å². The van der Waals surface area contributed by atoms with Crippen molar-refractivity contribution in [2.45, 2.75) is 27.7 Å². The number of hydrogen-bond donors (Lipinski definition) is 0. The molecule has 14 heavy (non-hydrogen) atoms. The van der Waals surface area contributed by atoms with E-state index >= 15 is 0 Å². The van der Waals surface area contributed by atoms with Crippen molar-refractivity contribution in [1.82, 2.24) is 0 Å². The Morgan fingerprint density at radius 2 is 0.929 bits per heavy atom. The van der Waals surface area contributed by atoms with Crippen molar-refractivity contribution >= 4 is 29.4 Å². The van der Waals surface area contributed by atoms with Gasteiger partial charge in [-0.25, -0.2) is 0 Å². The predicted octanol–water partition coefficient (Wildman–Crippen LogP) is 2.41. The van der Waals surface area contributed by atoms with Crippen molar-refractivity contribution in [2.75, 3.05) is 26.4 Å². The standard InChI is InChI=1S/4C2H5O.BrH.Sb/c4*1-2-3;;/h4*2H2,1H3;1H;/q4*-1;;+5/p-1. The second kappa shape index (κ2) is 6.66. The van der Waals surface area contributed by atoms with E-state index in [2.05, 4.69) is 12.6 Å². The Morgan fingerprint density at radius 3 is 1.07 bits per heavy atom. The van der Waals surface area contributed by atoms with E-state index in [0.717, 1.165) is 0 Å². The molecule has 0 heterocycles. The molecule has 0 aromatic carbocycles. The average molecular weight is 382 g/mol. The van der Waals surface area contributed by atoms with Crippen LogP contribution in [0.1, 0.15) is 27.7 Å². The van der Waals surface area contributed by atoms with Crippen molar-refractivity contribution in [3.05, 3.63) is 0 Å². The normalized spacial score (nSPS) is 15.1. The van der Waals surface area contributed by atoms with Crippen LogP contribution in [0.2, 0.25) is 0 Å². The van der Waals surface area contributed by atoms with E-state index in [0.29, 0.717) is 26.4 Å². The maximum atomic E-state index is 5.59. The van der Waals surface area contributed by atoms with Crippen LogP contribution in [0.5, 0.6) is 0 Å². The van der Waals surface area contributed by atoms with E-state index in [4.69, 9.17) is 12.1 Å². The molecule has 0 amide bonds. The maximum absolute atomic E-state index is 5.59. The summed E-state index contributed by atoms with van der Waals surface area (Å²) in [5.41, 5.74) is 0. The van der Waals surface area contributed by atoms with E-state index in [1.807, 2.05) is 27.7 Å². The van der Waals surface area contributed by atoms with E-state index in [9.17, 15) is 0 Å². The summed E-state index contributed by atoms with van der Waals surface area (Å²) in [6.45, 7) is 9.60. The molecular formula is C8H20BrO4Sb. The zero-order valence-electron chi connectivity index (χ0n) is 9.29. The molecule has 0 saturated heterocycles. The van der Waals surface area contributed by atoms with Crippen LogP contribution in [-0.4, -0.2) is 43.3 Å². The van der Waals surface area contributed by atoms with Crippen molar-refractivity contribution in [1.29, 1.82) is 0 Å². The summed E-state index contributed by atoms with van der Waals surface area (Å²) in [6, 6.07) is 0. The first-order valence-corrected chi connectivity index (χ1v) is 14.8. The third-order valence-corrected chi connectivity index (χ3v) is 14.5. The van der Waals surface area contributed by atoms with Gasteiger partial charge in [0.05, 0.1) is 0 Å². The van der Waals surface area contributed by atoms with Crippen molar-refractivity contribution in [3.63, 3.8) is 0 Å². The van der Waals surface area contributed by atoms with Gasteiger partial charge in [0.15, 0.2) is 0 Å². The monoisotopic (exact) mass is 380 g/mol. The molecular weight excluding hydrogens is 362 g/mol. The molecule has 6 heteroatoms. The van der Waals surface area contributed by atoms with Gasteiger partial charge >= 0.3 is 95.6 Å². The van der Waals surface area contributed by atoms with Crippen molar-refractivity contribution in [3.8, 4) is 0 Å². The average Bonchev–Trinajstić information content (AvgIpc) is 2.05. The molecule has 0 radical (unpaired) electrons. The molecule has 0 N–H and O–H groups in total. The van der Waals surface area contributed by atoms with E-state index in [1.54, 1.807) is 0 Å². The fraction of sp³-hybridized carbons (Fsp3) is 1.00. The van der Waals surface area contributed by atoms with Gasteiger partial charge in [-0.2, -0.15) is 0 Å². The van der Waals surface area contributed by atoms with Crippen LogP contribution in [0.3, 0.4) is 0 Å². The minimum atomic E-state index is -4.29. The summed E-state index contributed by atoms with van der Waals surface area (Å²) in [5.74, 6) is 0. The molecule has 88 valence electrons. The van der Waals surface area contributed by atoms with Gasteiger partial charge in [0.1, 0.15) is 0 Å². The van der Waals surface area contributed by atoms with Gasteiger partial charge in [-0.05, 0) is 0 Å². The topological polar surface area (TPSA) is 36.9 Å². The Hall–Kier alpha value is 1.14. The number of halogens is 1. The van der Waals surface area contributed by atoms with Crippen LogP contribution < -0.4 is 0 Å². The molecule has 0 aliphatic heterocycles. The second-order valence-corrected chi connectivity index (χ2v) is 17.2. The Balaban J connectivity index is 4.69. The summed E-state index contributed by atoms with van der Waals surface area (Å²) in [5, 5.41) is 0. The zero-order valence-corrected chi connectivity index (χ0v) is 13.4. The number of rotatable bonds is 8. The van der Waals surface area contributed by atoms with Crippen LogP contribution in [0.15, 0.2) is 0 Å². The van der Waals surface area contributed by atoms with Crippen LogP contribution in [0.25, 0.3) is 0 Å². The van der Waals surface area contributed by atoms with Gasteiger partial charge in [0.25, 0.3) is 0 Å². The Labute approximate surface area is 95.2 Å². The molecule has 0 spiro atoms. The third-order valence-electron chi connectivity index (χ3n) is 1.34. The van der Waals surface area contributed by atoms with E-state index in [1.165, 1.54) is 0 Å². The molecule has 0 bridgehead atoms. The summed E-state index contributed by atoms with van der Waals surface area (Å²) < 4.78 is 22.4. The molecule has 0 rings (SSSR count). The van der Waals surface area contributed by atoms with Gasteiger partial charge in [-0.1, -0.05) is 0 Å². The SMILES string of the molecule is CC[O][Sb]([Br])([O]CC)([O]CC)[O]CC. The molecule has 0 saturated carbocycles. The first-order valence-electron chi connectivity index (χ1n) is 4.88. The third kappa shape index (κ3) is 4.33. The summed E-state index contributed by atoms with van der Waals surface area (Å²) in [6.07, 6.45) is 0. The Morgan fingerprint density at radius 1 is 0.714 bits per heavy atom. The van der Waals surface area contributed by atoms with Crippen molar-refractivity contribution < 1.29 is 12.1 Å². The molecule has 4 nitrogen and oxygen atoms in total.